The molecular weight excluding hydrogens is 289 g/mol. The molecule has 0 spiro atoms. The zero-order valence-electron chi connectivity index (χ0n) is 7.50. The lowest BCUT2D eigenvalue weighted by Crippen LogP contribution is -1.87. The summed E-state index contributed by atoms with van der Waals surface area (Å²) in [6.45, 7) is 3.74. The van der Waals surface area contributed by atoms with Gasteiger partial charge in [0, 0.05) is 20.7 Å². The molecule has 0 atom stereocenters. The lowest BCUT2D eigenvalue weighted by atomic mass is 10.1. The highest BCUT2D eigenvalue weighted by molar-refractivity contribution is 14.1. The van der Waals surface area contributed by atoms with Crippen LogP contribution in [0, 0.1) is 10.5 Å². The second-order valence-corrected chi connectivity index (χ2v) is 4.29. The molecule has 2 aromatic rings. The lowest BCUT2D eigenvalue weighted by molar-refractivity contribution is 0.475. The minimum atomic E-state index is 0.307. The summed E-state index contributed by atoms with van der Waals surface area (Å²) in [6.07, 6.45) is 2.24. The largest absolute Gasteiger partial charge is 0.507 e. The lowest BCUT2D eigenvalue weighted by Gasteiger charge is -2.05. The molecule has 1 aromatic carbocycles. The van der Waals surface area contributed by atoms with E-state index in [2.05, 4.69) is 34.5 Å². The third kappa shape index (κ3) is 1.56. The molecule has 0 saturated carbocycles. The Morgan fingerprint density at radius 1 is 1.43 bits per heavy atom. The van der Waals surface area contributed by atoms with Crippen LogP contribution in [0.1, 0.15) is 5.56 Å². The van der Waals surface area contributed by atoms with Crippen LogP contribution in [0.5, 0.6) is 5.75 Å². The quantitative estimate of drug-likeness (QED) is 0.821. The summed E-state index contributed by atoms with van der Waals surface area (Å²) < 4.78 is 1.12. The highest BCUT2D eigenvalue weighted by Gasteiger charge is 2.05. The van der Waals surface area contributed by atoms with Crippen molar-refractivity contribution < 1.29 is 5.11 Å². The maximum atomic E-state index is 9.86. The number of aromatic nitrogens is 1. The zero-order chi connectivity index (χ0) is 10.1. The number of hydrogen-bond acceptors (Lipinski definition) is 2. The van der Waals surface area contributed by atoms with E-state index in [1.807, 2.05) is 18.2 Å². The second-order valence-electron chi connectivity index (χ2n) is 3.04. The molecule has 1 aromatic heterocycles. The van der Waals surface area contributed by atoms with Gasteiger partial charge in [0.15, 0.2) is 0 Å². The molecule has 0 aliphatic heterocycles. The summed E-state index contributed by atoms with van der Waals surface area (Å²) in [4.78, 5) is 4.27. The minimum Gasteiger partial charge on any atom is -0.507 e. The molecule has 3 heteroatoms. The zero-order valence-corrected chi connectivity index (χ0v) is 9.65. The monoisotopic (exact) mass is 298 g/mol. The van der Waals surface area contributed by atoms with Crippen molar-refractivity contribution in [2.45, 2.75) is 6.42 Å². The third-order valence-electron chi connectivity index (χ3n) is 2.15. The van der Waals surface area contributed by atoms with Crippen LogP contribution in [-0.4, -0.2) is 10.1 Å². The average Bonchev–Trinajstić information content (AvgIpc) is 2.18. The van der Waals surface area contributed by atoms with Crippen LogP contribution < -0.4 is 0 Å². The number of nitrogens with zero attached hydrogens (tertiary/aromatic N) is 1. The molecule has 0 bridgehead atoms. The number of fused-ring (bicyclic) bond motifs is 1. The summed E-state index contributed by atoms with van der Waals surface area (Å²) in [5.74, 6) is 0.307. The Hall–Kier alpha value is -0.840. The van der Waals surface area contributed by atoms with E-state index in [0.29, 0.717) is 12.2 Å². The van der Waals surface area contributed by atoms with Crippen LogP contribution >= 0.6 is 22.6 Å². The van der Waals surface area contributed by atoms with Gasteiger partial charge in [-0.2, -0.15) is 0 Å². The summed E-state index contributed by atoms with van der Waals surface area (Å²) in [5.41, 5.74) is 1.62. The Bertz CT molecular complexity index is 482. The van der Waals surface area contributed by atoms with Gasteiger partial charge in [-0.05, 0) is 54.1 Å². The summed E-state index contributed by atoms with van der Waals surface area (Å²) >= 11 is 2.22. The number of hydrogen-bond donors (Lipinski definition) is 1. The fourth-order valence-corrected chi connectivity index (χ4v) is 1.85. The van der Waals surface area contributed by atoms with Gasteiger partial charge in [0.05, 0.1) is 5.52 Å². The summed E-state index contributed by atoms with van der Waals surface area (Å²) in [7, 11) is 0. The molecule has 0 saturated heterocycles. The maximum absolute atomic E-state index is 9.86. The summed E-state index contributed by atoms with van der Waals surface area (Å²) in [6, 6.07) is 5.79. The van der Waals surface area contributed by atoms with Crippen LogP contribution in [0.4, 0.5) is 0 Å². The maximum Gasteiger partial charge on any atom is 0.129 e. The van der Waals surface area contributed by atoms with Crippen molar-refractivity contribution in [1.82, 2.24) is 4.98 Å². The van der Waals surface area contributed by atoms with Crippen molar-refractivity contribution >= 4 is 33.5 Å². The van der Waals surface area contributed by atoms with Crippen molar-refractivity contribution in [2.75, 3.05) is 0 Å². The van der Waals surface area contributed by atoms with Crippen molar-refractivity contribution in [1.29, 1.82) is 0 Å². The third-order valence-corrected chi connectivity index (χ3v) is 2.82. The molecule has 14 heavy (non-hydrogen) atoms. The van der Waals surface area contributed by atoms with Crippen LogP contribution in [0.25, 0.3) is 10.9 Å². The van der Waals surface area contributed by atoms with Gasteiger partial charge < -0.3 is 5.11 Å². The highest BCUT2D eigenvalue weighted by atomic mass is 127. The van der Waals surface area contributed by atoms with E-state index in [9.17, 15) is 5.11 Å². The van der Waals surface area contributed by atoms with E-state index in [-0.39, 0.29) is 0 Å². The van der Waals surface area contributed by atoms with Crippen LogP contribution in [0.15, 0.2) is 24.4 Å². The Morgan fingerprint density at radius 2 is 2.21 bits per heavy atom. The Labute approximate surface area is 96.1 Å². The Kier molecular flexibility index (Phi) is 2.58. The molecule has 2 rings (SSSR count). The van der Waals surface area contributed by atoms with Gasteiger partial charge in [-0.25, -0.2) is 0 Å². The van der Waals surface area contributed by atoms with Gasteiger partial charge in [-0.15, -0.1) is 0 Å². The first-order chi connectivity index (χ1) is 6.72. The van der Waals surface area contributed by atoms with Crippen molar-refractivity contribution in [3.05, 3.63) is 40.5 Å². The molecule has 0 aliphatic rings. The van der Waals surface area contributed by atoms with Crippen LogP contribution in [0.3, 0.4) is 0 Å². The summed E-state index contributed by atoms with van der Waals surface area (Å²) in [5, 5.41) is 10.7. The molecule has 2 nitrogen and oxygen atoms in total. The number of halogens is 1. The van der Waals surface area contributed by atoms with E-state index in [1.165, 1.54) is 0 Å². The number of benzene rings is 1. The fourth-order valence-electron chi connectivity index (χ4n) is 1.38. The first kappa shape index (κ1) is 9.71. The van der Waals surface area contributed by atoms with Crippen molar-refractivity contribution in [3.8, 4) is 5.75 Å². The predicted octanol–water partition coefficient (Wildman–Crippen LogP) is 2.92. The first-order valence-electron chi connectivity index (χ1n) is 4.27. The van der Waals surface area contributed by atoms with E-state index in [0.717, 1.165) is 20.0 Å². The fraction of sp³-hybridized carbons (Fsp3) is 0.0909. The number of aromatic hydroxyl groups is 1. The average molecular weight is 298 g/mol. The van der Waals surface area contributed by atoms with Crippen LogP contribution in [0.2, 0.25) is 0 Å². The van der Waals surface area contributed by atoms with Gasteiger partial charge in [-0.1, -0.05) is 0 Å². The second kappa shape index (κ2) is 3.73. The number of pyridine rings is 1. The number of rotatable bonds is 1. The molecule has 0 aliphatic carbocycles. The predicted molar refractivity (Wildman–Crippen MR) is 65.2 cm³/mol. The Balaban J connectivity index is 2.77. The molecular formula is C11H9INO. The van der Waals surface area contributed by atoms with E-state index in [1.54, 1.807) is 6.20 Å². The molecule has 71 valence electrons. The highest BCUT2D eigenvalue weighted by Crippen LogP contribution is 2.27. The SMILES string of the molecule is [CH2]Cc1cnc2cc(I)ccc2c1O. The van der Waals surface area contributed by atoms with Gasteiger partial charge in [-0.3, -0.25) is 4.98 Å². The molecule has 0 fully saturated rings. The molecule has 0 unspecified atom stereocenters. The molecule has 0 amide bonds. The first-order valence-corrected chi connectivity index (χ1v) is 5.35. The normalized spacial score (nSPS) is 10.7. The molecule has 1 N–H and O–H groups in total. The standard InChI is InChI=1S/C11H9INO/c1-2-7-6-13-10-5-8(12)3-4-9(10)11(7)14/h3-6H,1-2H2,(H,13,14). The minimum absolute atomic E-state index is 0.307. The van der Waals surface area contributed by atoms with E-state index >= 15 is 0 Å². The smallest absolute Gasteiger partial charge is 0.129 e. The Morgan fingerprint density at radius 3 is 2.93 bits per heavy atom. The van der Waals surface area contributed by atoms with Crippen molar-refractivity contribution in [2.24, 2.45) is 0 Å². The van der Waals surface area contributed by atoms with Crippen molar-refractivity contribution in [3.63, 3.8) is 0 Å². The van der Waals surface area contributed by atoms with Gasteiger partial charge >= 0.3 is 0 Å². The van der Waals surface area contributed by atoms with E-state index in [4.69, 9.17) is 0 Å². The van der Waals surface area contributed by atoms with Gasteiger partial charge in [0.25, 0.3) is 0 Å². The molecule has 1 heterocycles. The van der Waals surface area contributed by atoms with Crippen LogP contribution in [-0.2, 0) is 6.42 Å². The van der Waals surface area contributed by atoms with Gasteiger partial charge in [0.2, 0.25) is 0 Å². The van der Waals surface area contributed by atoms with Gasteiger partial charge in [0.1, 0.15) is 5.75 Å². The molecule has 1 radical (unpaired) electrons. The topological polar surface area (TPSA) is 33.1 Å². The van der Waals surface area contributed by atoms with E-state index < -0.39 is 0 Å².